The van der Waals surface area contributed by atoms with Gasteiger partial charge >= 0.3 is 0 Å². The van der Waals surface area contributed by atoms with Crippen molar-refractivity contribution in [2.75, 3.05) is 0 Å². The van der Waals surface area contributed by atoms with E-state index in [1.54, 1.807) is 24.3 Å². The fourth-order valence-electron chi connectivity index (χ4n) is 1.76. The van der Waals surface area contributed by atoms with Gasteiger partial charge in [-0.05, 0) is 24.3 Å². The lowest BCUT2D eigenvalue weighted by Crippen LogP contribution is -2.05. The van der Waals surface area contributed by atoms with Gasteiger partial charge in [0.05, 0.1) is 12.4 Å². The molecule has 0 atom stereocenters. The Morgan fingerprint density at radius 2 is 1.38 bits per heavy atom. The first-order valence-electron chi connectivity index (χ1n) is 6.48. The van der Waals surface area contributed by atoms with Crippen molar-refractivity contribution in [1.29, 1.82) is 0 Å². The van der Waals surface area contributed by atoms with Gasteiger partial charge in [0.1, 0.15) is 26.5 Å². The second-order valence-electron chi connectivity index (χ2n) is 4.42. The molecule has 0 amide bonds. The summed E-state index contributed by atoms with van der Waals surface area (Å²) in [4.78, 5) is 32.9. The Hall–Kier alpha value is -2.35. The fourth-order valence-corrected chi connectivity index (χ4v) is 2.17. The summed E-state index contributed by atoms with van der Waals surface area (Å²) >= 11 is 16.9. The van der Waals surface area contributed by atoms with E-state index in [0.717, 1.165) is 0 Å². The van der Waals surface area contributed by atoms with Gasteiger partial charge in [0, 0.05) is 0 Å². The van der Waals surface area contributed by atoms with Gasteiger partial charge in [-0.3, -0.25) is 4.79 Å². The molecule has 4 rings (SSSR count). The van der Waals surface area contributed by atoms with Crippen LogP contribution >= 0.6 is 34.8 Å². The van der Waals surface area contributed by atoms with Gasteiger partial charge in [0.15, 0.2) is 11.3 Å². The third kappa shape index (κ3) is 3.94. The van der Waals surface area contributed by atoms with E-state index in [4.69, 9.17) is 34.8 Å². The smallest absolute Gasteiger partial charge is 0.268 e. The van der Waals surface area contributed by atoms with E-state index in [-0.39, 0.29) is 5.56 Å². The highest BCUT2D eigenvalue weighted by molar-refractivity contribution is 6.30. The number of halogens is 3. The second kappa shape index (κ2) is 7.04. The number of aromatic amines is 1. The predicted octanol–water partition coefficient (Wildman–Crippen LogP) is 3.30. The fraction of sp³-hybridized carbons (Fsp3) is 0. The van der Waals surface area contributed by atoms with Crippen LogP contribution in [0.1, 0.15) is 0 Å². The molecule has 1 N–H and O–H groups in total. The van der Waals surface area contributed by atoms with Crippen LogP contribution in [0.15, 0.2) is 41.5 Å². The molecule has 0 radical (unpaired) electrons. The van der Waals surface area contributed by atoms with Gasteiger partial charge in [0.2, 0.25) is 0 Å². The van der Waals surface area contributed by atoms with E-state index in [0.29, 0.717) is 37.8 Å². The minimum absolute atomic E-state index is 0.280. The highest BCUT2D eigenvalue weighted by Crippen LogP contribution is 2.13. The maximum Gasteiger partial charge on any atom is 0.268 e. The molecule has 0 aliphatic rings. The van der Waals surface area contributed by atoms with Crippen molar-refractivity contribution in [2.45, 2.75) is 0 Å². The Labute approximate surface area is 149 Å². The zero-order valence-corrected chi connectivity index (χ0v) is 14.0. The number of pyridine rings is 2. The first-order valence-corrected chi connectivity index (χ1v) is 7.61. The second-order valence-corrected chi connectivity index (χ2v) is 5.58. The number of rotatable bonds is 0. The van der Waals surface area contributed by atoms with E-state index in [9.17, 15) is 4.79 Å². The summed E-state index contributed by atoms with van der Waals surface area (Å²) < 4.78 is 0. The lowest BCUT2D eigenvalue weighted by molar-refractivity contribution is 1.17. The van der Waals surface area contributed by atoms with Gasteiger partial charge in [-0.25, -0.2) is 24.9 Å². The Morgan fingerprint density at radius 1 is 0.750 bits per heavy atom. The third-order valence-electron chi connectivity index (χ3n) is 2.75. The van der Waals surface area contributed by atoms with Crippen LogP contribution in [0.4, 0.5) is 0 Å². The van der Waals surface area contributed by atoms with Crippen molar-refractivity contribution in [1.82, 2.24) is 29.9 Å². The van der Waals surface area contributed by atoms with Gasteiger partial charge in [0.25, 0.3) is 5.56 Å². The molecule has 0 saturated carbocycles. The molecule has 7 nitrogen and oxygen atoms in total. The first kappa shape index (κ1) is 16.5. The lowest BCUT2D eigenvalue weighted by Gasteiger charge is -1.95. The topological polar surface area (TPSA) is 97.3 Å². The van der Waals surface area contributed by atoms with Crippen LogP contribution in [0.25, 0.3) is 22.3 Å². The summed E-state index contributed by atoms with van der Waals surface area (Å²) in [5.74, 6) is 0. The van der Waals surface area contributed by atoms with E-state index in [1.807, 2.05) is 0 Å². The summed E-state index contributed by atoms with van der Waals surface area (Å²) in [6, 6.07) is 6.72. The largest absolute Gasteiger partial charge is 0.304 e. The van der Waals surface area contributed by atoms with E-state index in [2.05, 4.69) is 29.9 Å². The first-order chi connectivity index (χ1) is 11.5. The molecular formula is C14H7Cl3N6O. The number of hydrogen-bond donors (Lipinski definition) is 1. The van der Waals surface area contributed by atoms with Gasteiger partial charge in [-0.1, -0.05) is 34.8 Å². The van der Waals surface area contributed by atoms with E-state index in [1.165, 1.54) is 12.4 Å². The van der Waals surface area contributed by atoms with E-state index >= 15 is 0 Å². The maximum absolute atomic E-state index is 10.8. The normalized spacial score (nSPS) is 10.5. The summed E-state index contributed by atoms with van der Waals surface area (Å²) in [6.07, 6.45) is 2.68. The standard InChI is InChI=1S/C7H3Cl2N3.C7H4ClN3O/c8-5-2-1-4-7(11-5)12-6(9)3-10-4;8-5-2-1-4-7(10-5)11-6(12)3-9-4/h1-3H;1-3H,(H,10,11,12). The Morgan fingerprint density at radius 3 is 2.17 bits per heavy atom. The highest BCUT2D eigenvalue weighted by Gasteiger charge is 1.99. The molecule has 0 spiro atoms. The predicted molar refractivity (Wildman–Crippen MR) is 92.5 cm³/mol. The molecule has 4 aromatic rings. The maximum atomic E-state index is 10.8. The zero-order chi connectivity index (χ0) is 17.1. The molecule has 120 valence electrons. The highest BCUT2D eigenvalue weighted by atomic mass is 35.5. The molecule has 0 aliphatic heterocycles. The average molecular weight is 382 g/mol. The summed E-state index contributed by atoms with van der Waals surface area (Å²) in [5, 5.41) is 1.04. The van der Waals surface area contributed by atoms with Crippen LogP contribution in [-0.2, 0) is 0 Å². The molecule has 0 unspecified atom stereocenters. The molecular weight excluding hydrogens is 375 g/mol. The number of hydrogen-bond acceptors (Lipinski definition) is 6. The molecule has 0 aliphatic carbocycles. The average Bonchev–Trinajstić information content (AvgIpc) is 2.54. The number of aromatic nitrogens is 6. The Balaban J connectivity index is 0.000000141. The molecule has 0 bridgehead atoms. The number of fused-ring (bicyclic) bond motifs is 2. The van der Waals surface area contributed by atoms with Crippen LogP contribution in [0.5, 0.6) is 0 Å². The summed E-state index contributed by atoms with van der Waals surface area (Å²) in [5.41, 5.74) is 1.91. The monoisotopic (exact) mass is 380 g/mol. The van der Waals surface area contributed by atoms with E-state index < -0.39 is 0 Å². The third-order valence-corrected chi connectivity index (χ3v) is 3.35. The number of H-pyrrole nitrogens is 1. The van der Waals surface area contributed by atoms with Crippen molar-refractivity contribution >= 4 is 57.1 Å². The molecule has 4 heterocycles. The van der Waals surface area contributed by atoms with Crippen molar-refractivity contribution < 1.29 is 0 Å². The SMILES string of the molecule is Clc1ccc2ncc(Cl)nc2n1.O=c1cnc2ccc(Cl)nc2[nH]1. The van der Waals surface area contributed by atoms with Crippen LogP contribution in [0.3, 0.4) is 0 Å². The molecule has 24 heavy (non-hydrogen) atoms. The van der Waals surface area contributed by atoms with Crippen molar-refractivity contribution in [2.24, 2.45) is 0 Å². The van der Waals surface area contributed by atoms with Crippen LogP contribution < -0.4 is 5.56 Å². The Bertz CT molecular complexity index is 1050. The minimum Gasteiger partial charge on any atom is -0.304 e. The quantitative estimate of drug-likeness (QED) is 0.469. The zero-order valence-electron chi connectivity index (χ0n) is 11.7. The lowest BCUT2D eigenvalue weighted by atomic mass is 10.4. The van der Waals surface area contributed by atoms with Crippen molar-refractivity contribution in [3.63, 3.8) is 0 Å². The summed E-state index contributed by atoms with van der Waals surface area (Å²) in [6.45, 7) is 0. The number of nitrogens with one attached hydrogen (secondary N) is 1. The van der Waals surface area contributed by atoms with Crippen LogP contribution in [0.2, 0.25) is 15.5 Å². The van der Waals surface area contributed by atoms with Gasteiger partial charge in [-0.2, -0.15) is 0 Å². The molecule has 0 saturated heterocycles. The van der Waals surface area contributed by atoms with Gasteiger partial charge in [-0.15, -0.1) is 0 Å². The molecule has 4 aromatic heterocycles. The van der Waals surface area contributed by atoms with Crippen LogP contribution in [-0.4, -0.2) is 29.9 Å². The minimum atomic E-state index is -0.280. The molecule has 10 heteroatoms. The van der Waals surface area contributed by atoms with Crippen molar-refractivity contribution in [3.05, 3.63) is 62.5 Å². The summed E-state index contributed by atoms with van der Waals surface area (Å²) in [7, 11) is 0. The Kier molecular flexibility index (Phi) is 4.84. The van der Waals surface area contributed by atoms with Crippen LogP contribution in [0, 0.1) is 0 Å². The molecule has 0 fully saturated rings. The van der Waals surface area contributed by atoms with Gasteiger partial charge < -0.3 is 4.98 Å². The molecule has 0 aromatic carbocycles. The number of nitrogens with zero attached hydrogens (tertiary/aromatic N) is 5. The van der Waals surface area contributed by atoms with Crippen molar-refractivity contribution in [3.8, 4) is 0 Å².